The van der Waals surface area contributed by atoms with Crippen molar-refractivity contribution in [2.24, 2.45) is 5.92 Å². The highest BCUT2D eigenvalue weighted by Crippen LogP contribution is 2.65. The van der Waals surface area contributed by atoms with E-state index in [1.165, 1.54) is 19.1 Å². The van der Waals surface area contributed by atoms with Crippen LogP contribution in [-0.2, 0) is 15.8 Å². The lowest BCUT2D eigenvalue weighted by atomic mass is 10.0. The van der Waals surface area contributed by atoms with E-state index in [9.17, 15) is 36.3 Å². The van der Waals surface area contributed by atoms with Crippen LogP contribution >= 0.6 is 34.8 Å². The van der Waals surface area contributed by atoms with Gasteiger partial charge in [0.05, 0.1) is 33.8 Å². The van der Waals surface area contributed by atoms with Crippen LogP contribution in [-0.4, -0.2) is 28.6 Å². The van der Waals surface area contributed by atoms with Gasteiger partial charge in [0, 0.05) is 18.2 Å². The number of halogens is 9. The van der Waals surface area contributed by atoms with Gasteiger partial charge >= 0.3 is 6.18 Å². The summed E-state index contributed by atoms with van der Waals surface area (Å²) in [5.74, 6) is -9.04. The molecule has 1 unspecified atom stereocenters. The summed E-state index contributed by atoms with van der Waals surface area (Å²) in [6, 6.07) is 9.07. The number of carbonyl (C=O) groups is 3. The number of alkyl halides is 5. The number of anilines is 3. The zero-order chi connectivity index (χ0) is 33.4. The molecule has 0 radical (unpaired) electrons. The Labute approximate surface area is 266 Å². The summed E-state index contributed by atoms with van der Waals surface area (Å²) in [4.78, 5) is 39.0. The Hall–Kier alpha value is -3.99. The Morgan fingerprint density at radius 1 is 1.00 bits per heavy atom. The average molecular weight is 692 g/mol. The summed E-state index contributed by atoms with van der Waals surface area (Å²) in [7, 11) is 0. The standard InChI is InChI=1S/C29H19Cl3F6N4O3/c1-2-42(21(43)9-10-39)25-19(34)7-8-20(24(25)35)41-26(44)15-12-14(4-5-17(15)30)40-27(45)23-22(28(23,31)32)13-3-6-18(33)16(11-13)29(36,37)38/h3-8,11-12,22-23H,2,9H2,1H3,(H,40,45)(H,41,44)/t22?,23-/m1/s1. The van der Waals surface area contributed by atoms with Crippen LogP contribution in [0.3, 0.4) is 0 Å². The molecule has 3 aromatic carbocycles. The van der Waals surface area contributed by atoms with Gasteiger partial charge in [-0.2, -0.15) is 18.4 Å². The molecule has 16 heteroatoms. The molecule has 0 aliphatic heterocycles. The van der Waals surface area contributed by atoms with E-state index in [2.05, 4.69) is 10.6 Å². The lowest BCUT2D eigenvalue weighted by Crippen LogP contribution is -2.32. The number of nitrogens with zero attached hydrogens (tertiary/aromatic N) is 2. The third kappa shape index (κ3) is 6.83. The molecule has 1 saturated carbocycles. The summed E-state index contributed by atoms with van der Waals surface area (Å²) in [6.45, 7) is 1.25. The van der Waals surface area contributed by atoms with Crippen molar-refractivity contribution in [3.05, 3.63) is 87.7 Å². The number of benzene rings is 3. The van der Waals surface area contributed by atoms with Gasteiger partial charge in [-0.1, -0.05) is 17.7 Å². The number of amides is 3. The molecule has 1 aliphatic carbocycles. The Morgan fingerprint density at radius 2 is 1.67 bits per heavy atom. The molecule has 0 saturated heterocycles. The molecule has 7 nitrogen and oxygen atoms in total. The van der Waals surface area contributed by atoms with E-state index in [1.807, 2.05) is 0 Å². The fraction of sp³-hybridized carbons (Fsp3) is 0.241. The molecular weight excluding hydrogens is 673 g/mol. The molecule has 1 aliphatic rings. The number of nitrogens with one attached hydrogen (secondary N) is 2. The quantitative estimate of drug-likeness (QED) is 0.186. The molecule has 0 heterocycles. The van der Waals surface area contributed by atoms with Gasteiger partial charge < -0.3 is 15.5 Å². The van der Waals surface area contributed by atoms with Gasteiger partial charge in [0.2, 0.25) is 11.8 Å². The van der Waals surface area contributed by atoms with E-state index in [1.54, 1.807) is 6.07 Å². The van der Waals surface area contributed by atoms with Crippen LogP contribution in [0, 0.1) is 34.7 Å². The maximum absolute atomic E-state index is 15.3. The van der Waals surface area contributed by atoms with E-state index in [-0.39, 0.29) is 28.4 Å². The number of rotatable bonds is 8. The van der Waals surface area contributed by atoms with E-state index < -0.39 is 80.9 Å². The van der Waals surface area contributed by atoms with Gasteiger partial charge in [0.1, 0.15) is 28.1 Å². The van der Waals surface area contributed by atoms with Crippen LogP contribution in [0.5, 0.6) is 0 Å². The number of hydrogen-bond donors (Lipinski definition) is 2. The first kappa shape index (κ1) is 33.9. The van der Waals surface area contributed by atoms with Crippen molar-refractivity contribution in [2.45, 2.75) is 29.8 Å². The molecular formula is C29H19Cl3F6N4O3. The highest BCUT2D eigenvalue weighted by molar-refractivity contribution is 6.53. The topological polar surface area (TPSA) is 102 Å². The SMILES string of the molecule is CCN(C(=O)CC#N)c1c(F)ccc(NC(=O)c2cc(NC(=O)[C@H]3C(c4ccc(F)c(C(F)(F)F)c4)C3(Cl)Cl)ccc2Cl)c1F. The molecule has 3 amide bonds. The minimum atomic E-state index is -5.00. The predicted molar refractivity (Wildman–Crippen MR) is 155 cm³/mol. The van der Waals surface area contributed by atoms with Crippen molar-refractivity contribution in [1.82, 2.24) is 0 Å². The molecule has 45 heavy (non-hydrogen) atoms. The van der Waals surface area contributed by atoms with Crippen LogP contribution in [0.1, 0.15) is 40.7 Å². The van der Waals surface area contributed by atoms with Crippen LogP contribution in [0.2, 0.25) is 5.02 Å². The van der Waals surface area contributed by atoms with Crippen molar-refractivity contribution >= 4 is 69.6 Å². The number of carbonyl (C=O) groups excluding carboxylic acids is 3. The Morgan fingerprint density at radius 3 is 2.29 bits per heavy atom. The third-order valence-corrected chi connectivity index (χ3v) is 8.17. The highest BCUT2D eigenvalue weighted by Gasteiger charge is 2.67. The van der Waals surface area contributed by atoms with Crippen molar-refractivity contribution in [2.75, 3.05) is 22.1 Å². The zero-order valence-electron chi connectivity index (χ0n) is 22.7. The van der Waals surface area contributed by atoms with Gasteiger partial charge in [0.15, 0.2) is 5.82 Å². The van der Waals surface area contributed by atoms with Gasteiger partial charge in [0.25, 0.3) is 5.91 Å². The molecule has 0 aromatic heterocycles. The smallest absolute Gasteiger partial charge is 0.326 e. The van der Waals surface area contributed by atoms with Crippen LogP contribution in [0.25, 0.3) is 0 Å². The van der Waals surface area contributed by atoms with Crippen LogP contribution < -0.4 is 15.5 Å². The number of hydrogen-bond acceptors (Lipinski definition) is 4. The molecule has 2 N–H and O–H groups in total. The Kier molecular flexibility index (Phi) is 9.63. The minimum Gasteiger partial charge on any atom is -0.326 e. The second-order valence-corrected chi connectivity index (χ2v) is 11.6. The summed E-state index contributed by atoms with van der Waals surface area (Å²) >= 11 is 18.6. The maximum atomic E-state index is 15.3. The van der Waals surface area contributed by atoms with Gasteiger partial charge in [-0.05, 0) is 55.0 Å². The summed E-state index contributed by atoms with van der Waals surface area (Å²) in [5.41, 5.74) is -3.30. The third-order valence-electron chi connectivity index (χ3n) is 6.90. The molecule has 3 aromatic rings. The molecule has 1 fully saturated rings. The van der Waals surface area contributed by atoms with Crippen LogP contribution in [0.15, 0.2) is 48.5 Å². The van der Waals surface area contributed by atoms with Gasteiger partial charge in [-0.3, -0.25) is 14.4 Å². The fourth-order valence-electron chi connectivity index (χ4n) is 4.72. The Bertz CT molecular complexity index is 1750. The van der Waals surface area contributed by atoms with Crippen molar-refractivity contribution in [1.29, 1.82) is 5.26 Å². The molecule has 2 atom stereocenters. The van der Waals surface area contributed by atoms with E-state index in [0.29, 0.717) is 17.0 Å². The summed E-state index contributed by atoms with van der Waals surface area (Å²) in [5, 5.41) is 13.3. The normalized spacial score (nSPS) is 16.8. The van der Waals surface area contributed by atoms with E-state index in [4.69, 9.17) is 40.1 Å². The lowest BCUT2D eigenvalue weighted by Gasteiger charge is -2.22. The first-order valence-electron chi connectivity index (χ1n) is 12.8. The number of nitriles is 1. The Balaban J connectivity index is 1.55. The summed E-state index contributed by atoms with van der Waals surface area (Å²) < 4.78 is 81.4. The second kappa shape index (κ2) is 12.8. The lowest BCUT2D eigenvalue weighted by molar-refractivity contribution is -0.140. The monoisotopic (exact) mass is 690 g/mol. The largest absolute Gasteiger partial charge is 0.419 e. The van der Waals surface area contributed by atoms with Gasteiger partial charge in [-0.25, -0.2) is 13.2 Å². The van der Waals surface area contributed by atoms with Crippen molar-refractivity contribution in [3.63, 3.8) is 0 Å². The molecule has 4 rings (SSSR count). The first-order chi connectivity index (χ1) is 21.0. The van der Waals surface area contributed by atoms with E-state index >= 15 is 4.39 Å². The van der Waals surface area contributed by atoms with E-state index in [0.717, 1.165) is 24.3 Å². The summed E-state index contributed by atoms with van der Waals surface area (Å²) in [6.07, 6.45) is -5.65. The fourth-order valence-corrected chi connectivity index (χ4v) is 5.75. The predicted octanol–water partition coefficient (Wildman–Crippen LogP) is 7.82. The molecule has 236 valence electrons. The van der Waals surface area contributed by atoms with Crippen molar-refractivity contribution in [3.8, 4) is 6.07 Å². The maximum Gasteiger partial charge on any atom is 0.419 e. The minimum absolute atomic E-state index is 0.0288. The first-order valence-corrected chi connectivity index (χ1v) is 14.0. The molecule has 0 bridgehead atoms. The highest BCUT2D eigenvalue weighted by atomic mass is 35.5. The molecule has 0 spiro atoms. The van der Waals surface area contributed by atoms with Crippen LogP contribution in [0.4, 0.5) is 43.4 Å². The van der Waals surface area contributed by atoms with Crippen molar-refractivity contribution < 1.29 is 40.7 Å². The van der Waals surface area contributed by atoms with Gasteiger partial charge in [-0.15, -0.1) is 23.2 Å². The average Bonchev–Trinajstić information content (AvgIpc) is 3.54. The zero-order valence-corrected chi connectivity index (χ0v) is 25.0. The second-order valence-electron chi connectivity index (χ2n) is 9.74.